The van der Waals surface area contributed by atoms with Crippen LogP contribution in [0.1, 0.15) is 19.4 Å². The molecule has 96 valence electrons. The third kappa shape index (κ3) is 2.62. The first-order valence-electron chi connectivity index (χ1n) is 5.74. The molecule has 1 aliphatic rings. The molecular weight excluding hydrogens is 296 g/mol. The summed E-state index contributed by atoms with van der Waals surface area (Å²) in [5, 5.41) is 2.93. The van der Waals surface area contributed by atoms with Crippen LogP contribution in [-0.2, 0) is 16.1 Å². The quantitative estimate of drug-likeness (QED) is 0.846. The first kappa shape index (κ1) is 13.2. The van der Waals surface area contributed by atoms with Gasteiger partial charge in [0.25, 0.3) is 0 Å². The predicted molar refractivity (Wildman–Crippen MR) is 71.8 cm³/mol. The molecule has 1 aromatic rings. The normalized spacial score (nSPS) is 19.2. The van der Waals surface area contributed by atoms with Gasteiger partial charge in [-0.1, -0.05) is 28.1 Å². The Hall–Kier alpha value is -1.20. The van der Waals surface area contributed by atoms with E-state index in [4.69, 9.17) is 0 Å². The minimum absolute atomic E-state index is 0.178. The molecule has 0 aliphatic carbocycles. The van der Waals surface area contributed by atoms with E-state index in [-0.39, 0.29) is 18.4 Å². The van der Waals surface area contributed by atoms with E-state index < -0.39 is 5.54 Å². The molecule has 0 radical (unpaired) electrons. The van der Waals surface area contributed by atoms with Gasteiger partial charge in [0.15, 0.2) is 0 Å². The SMILES string of the molecule is CC1(C)NCC(=O)N(Cc2ccc(Br)cc2)C1=O. The molecule has 2 rings (SSSR count). The molecule has 0 saturated carbocycles. The molecular formula is C13H15BrN2O2. The summed E-state index contributed by atoms with van der Waals surface area (Å²) in [5.74, 6) is -0.357. The van der Waals surface area contributed by atoms with Crippen LogP contribution in [0, 0.1) is 0 Å². The van der Waals surface area contributed by atoms with Crippen molar-refractivity contribution >= 4 is 27.7 Å². The fourth-order valence-electron chi connectivity index (χ4n) is 1.85. The lowest BCUT2D eigenvalue weighted by molar-refractivity contribution is -0.153. The third-order valence-electron chi connectivity index (χ3n) is 3.02. The Morgan fingerprint density at radius 1 is 1.28 bits per heavy atom. The lowest BCUT2D eigenvalue weighted by Crippen LogP contribution is -2.63. The van der Waals surface area contributed by atoms with Gasteiger partial charge in [0.2, 0.25) is 11.8 Å². The number of imide groups is 1. The summed E-state index contributed by atoms with van der Waals surface area (Å²) >= 11 is 3.35. The minimum Gasteiger partial charge on any atom is -0.295 e. The van der Waals surface area contributed by atoms with Crippen molar-refractivity contribution in [1.29, 1.82) is 0 Å². The monoisotopic (exact) mass is 310 g/mol. The van der Waals surface area contributed by atoms with Gasteiger partial charge in [0.1, 0.15) is 0 Å². The highest BCUT2D eigenvalue weighted by Gasteiger charge is 2.39. The molecule has 0 bridgehead atoms. The number of carbonyl (C=O) groups excluding carboxylic acids is 2. The smallest absolute Gasteiger partial charge is 0.249 e. The molecule has 1 heterocycles. The van der Waals surface area contributed by atoms with E-state index in [1.807, 2.05) is 24.3 Å². The molecule has 0 spiro atoms. The maximum atomic E-state index is 12.2. The molecule has 1 aromatic carbocycles. The van der Waals surface area contributed by atoms with E-state index in [0.29, 0.717) is 6.54 Å². The molecule has 4 nitrogen and oxygen atoms in total. The molecule has 5 heteroatoms. The fourth-order valence-corrected chi connectivity index (χ4v) is 2.11. The van der Waals surface area contributed by atoms with Crippen molar-refractivity contribution in [2.45, 2.75) is 25.9 Å². The highest BCUT2D eigenvalue weighted by molar-refractivity contribution is 9.10. The van der Waals surface area contributed by atoms with Gasteiger partial charge < -0.3 is 0 Å². The fraction of sp³-hybridized carbons (Fsp3) is 0.385. The number of hydrogen-bond donors (Lipinski definition) is 1. The molecule has 1 N–H and O–H groups in total. The average Bonchev–Trinajstić information content (AvgIpc) is 2.33. The zero-order valence-electron chi connectivity index (χ0n) is 10.4. The van der Waals surface area contributed by atoms with Crippen LogP contribution in [0.4, 0.5) is 0 Å². The number of piperazine rings is 1. The van der Waals surface area contributed by atoms with E-state index in [9.17, 15) is 9.59 Å². The average molecular weight is 311 g/mol. The summed E-state index contributed by atoms with van der Waals surface area (Å²) < 4.78 is 0.976. The second-order valence-electron chi connectivity index (χ2n) is 4.89. The highest BCUT2D eigenvalue weighted by atomic mass is 79.9. The second kappa shape index (κ2) is 4.82. The highest BCUT2D eigenvalue weighted by Crippen LogP contribution is 2.17. The Morgan fingerprint density at radius 2 is 1.89 bits per heavy atom. The van der Waals surface area contributed by atoms with Crippen LogP contribution in [0.5, 0.6) is 0 Å². The van der Waals surface area contributed by atoms with Crippen LogP contribution < -0.4 is 5.32 Å². The van der Waals surface area contributed by atoms with Gasteiger partial charge in [-0.15, -0.1) is 0 Å². The van der Waals surface area contributed by atoms with Crippen molar-refractivity contribution < 1.29 is 9.59 Å². The summed E-state index contributed by atoms with van der Waals surface area (Å²) in [6, 6.07) is 7.61. The Labute approximate surface area is 114 Å². The van der Waals surface area contributed by atoms with Crippen molar-refractivity contribution in [3.8, 4) is 0 Å². The molecule has 0 atom stereocenters. The van der Waals surface area contributed by atoms with Gasteiger partial charge in [-0.2, -0.15) is 0 Å². The number of carbonyl (C=O) groups is 2. The van der Waals surface area contributed by atoms with Crippen molar-refractivity contribution in [2.75, 3.05) is 6.54 Å². The number of amides is 2. The topological polar surface area (TPSA) is 49.4 Å². The Bertz CT molecular complexity index is 482. The lowest BCUT2D eigenvalue weighted by atomic mass is 10.00. The Kier molecular flexibility index (Phi) is 3.54. The van der Waals surface area contributed by atoms with Crippen molar-refractivity contribution in [2.24, 2.45) is 0 Å². The summed E-state index contributed by atoms with van der Waals surface area (Å²) in [6.45, 7) is 4.11. The standard InChI is InChI=1S/C13H15BrN2O2/c1-13(2)12(18)16(11(17)7-15-13)8-9-3-5-10(14)6-4-9/h3-6,15H,7-8H2,1-2H3. The van der Waals surface area contributed by atoms with E-state index in [0.717, 1.165) is 10.0 Å². The number of benzene rings is 1. The van der Waals surface area contributed by atoms with Gasteiger partial charge in [-0.25, -0.2) is 0 Å². The Balaban J connectivity index is 2.18. The van der Waals surface area contributed by atoms with Crippen LogP contribution in [-0.4, -0.2) is 28.8 Å². The lowest BCUT2D eigenvalue weighted by Gasteiger charge is -2.36. The van der Waals surface area contributed by atoms with Gasteiger partial charge in [-0.05, 0) is 31.5 Å². The summed E-state index contributed by atoms with van der Waals surface area (Å²) in [4.78, 5) is 25.3. The third-order valence-corrected chi connectivity index (χ3v) is 3.55. The van der Waals surface area contributed by atoms with Crippen LogP contribution in [0.2, 0.25) is 0 Å². The van der Waals surface area contributed by atoms with E-state index in [1.165, 1.54) is 4.90 Å². The first-order chi connectivity index (χ1) is 8.40. The maximum Gasteiger partial charge on any atom is 0.249 e. The number of halogens is 1. The van der Waals surface area contributed by atoms with Crippen molar-refractivity contribution in [3.63, 3.8) is 0 Å². The summed E-state index contributed by atoms with van der Waals surface area (Å²) in [7, 11) is 0. The Morgan fingerprint density at radius 3 is 2.50 bits per heavy atom. The molecule has 0 unspecified atom stereocenters. The maximum absolute atomic E-state index is 12.2. The molecule has 1 aliphatic heterocycles. The van der Waals surface area contributed by atoms with Crippen molar-refractivity contribution in [3.05, 3.63) is 34.3 Å². The molecule has 18 heavy (non-hydrogen) atoms. The van der Waals surface area contributed by atoms with Gasteiger partial charge in [0, 0.05) is 4.47 Å². The van der Waals surface area contributed by atoms with E-state index >= 15 is 0 Å². The van der Waals surface area contributed by atoms with Gasteiger partial charge in [0.05, 0.1) is 18.6 Å². The summed E-state index contributed by atoms with van der Waals surface area (Å²) in [5.41, 5.74) is 0.265. The zero-order valence-corrected chi connectivity index (χ0v) is 12.0. The predicted octanol–water partition coefficient (Wildman–Crippen LogP) is 1.69. The number of nitrogens with zero attached hydrogens (tertiary/aromatic N) is 1. The van der Waals surface area contributed by atoms with Crippen LogP contribution in [0.3, 0.4) is 0 Å². The molecule has 0 aromatic heterocycles. The molecule has 1 saturated heterocycles. The van der Waals surface area contributed by atoms with E-state index in [1.54, 1.807) is 13.8 Å². The largest absolute Gasteiger partial charge is 0.295 e. The first-order valence-corrected chi connectivity index (χ1v) is 6.54. The van der Waals surface area contributed by atoms with Crippen LogP contribution in [0.15, 0.2) is 28.7 Å². The summed E-state index contributed by atoms with van der Waals surface area (Å²) in [6.07, 6.45) is 0. The minimum atomic E-state index is -0.677. The van der Waals surface area contributed by atoms with Gasteiger partial charge in [-0.3, -0.25) is 19.8 Å². The second-order valence-corrected chi connectivity index (χ2v) is 5.81. The van der Waals surface area contributed by atoms with Crippen LogP contribution in [0.25, 0.3) is 0 Å². The molecule has 2 amide bonds. The number of rotatable bonds is 2. The van der Waals surface area contributed by atoms with Crippen molar-refractivity contribution in [1.82, 2.24) is 10.2 Å². The van der Waals surface area contributed by atoms with E-state index in [2.05, 4.69) is 21.2 Å². The number of hydrogen-bond acceptors (Lipinski definition) is 3. The molecule has 1 fully saturated rings. The van der Waals surface area contributed by atoms with Gasteiger partial charge >= 0.3 is 0 Å². The number of nitrogens with one attached hydrogen (secondary N) is 1. The van der Waals surface area contributed by atoms with Crippen LogP contribution >= 0.6 is 15.9 Å². The zero-order chi connectivity index (χ0) is 13.3.